The van der Waals surface area contributed by atoms with Gasteiger partial charge in [-0.1, -0.05) is 22.0 Å². The van der Waals surface area contributed by atoms with Crippen LogP contribution in [-0.4, -0.2) is 10.9 Å². The highest BCUT2D eigenvalue weighted by Crippen LogP contribution is 2.20. The average Bonchev–Trinajstić information content (AvgIpc) is 2.16. The minimum absolute atomic E-state index is 0.0278. The predicted octanol–water partition coefficient (Wildman–Crippen LogP) is 3.91. The lowest BCUT2D eigenvalue weighted by Crippen LogP contribution is -1.96. The molecule has 0 aliphatic heterocycles. The Balaban J connectivity index is 2.96. The summed E-state index contributed by atoms with van der Waals surface area (Å²) in [5, 5.41) is 16.8. The summed E-state index contributed by atoms with van der Waals surface area (Å²) in [5.74, 6) is -0.454. The van der Waals surface area contributed by atoms with Crippen molar-refractivity contribution >= 4 is 27.4 Å². The van der Waals surface area contributed by atoms with Crippen LogP contribution in [0.2, 0.25) is 0 Å². The maximum Gasteiger partial charge on any atom is 0.183 e. The Bertz CT molecular complexity index is 463. The fourth-order valence-corrected chi connectivity index (χ4v) is 1.43. The molecule has 0 radical (unpaired) electrons. The Morgan fingerprint density at radius 2 is 2.06 bits per heavy atom. The van der Waals surface area contributed by atoms with Gasteiger partial charge in [-0.2, -0.15) is 5.11 Å². The molecule has 0 bridgehead atoms. The molecule has 1 aromatic rings. The third-order valence-electron chi connectivity index (χ3n) is 1.75. The van der Waals surface area contributed by atoms with Gasteiger partial charge in [-0.15, -0.1) is 5.11 Å². The van der Waals surface area contributed by atoms with E-state index in [4.69, 9.17) is 0 Å². The molecule has 0 amide bonds. The van der Waals surface area contributed by atoms with Crippen LogP contribution < -0.4 is 0 Å². The van der Waals surface area contributed by atoms with Crippen LogP contribution in [0.15, 0.2) is 50.4 Å². The lowest BCUT2D eigenvalue weighted by Gasteiger charge is -1.97. The van der Waals surface area contributed by atoms with Gasteiger partial charge in [0.25, 0.3) is 0 Å². The van der Waals surface area contributed by atoms with E-state index in [-0.39, 0.29) is 17.2 Å². The second kappa shape index (κ2) is 5.55. The van der Waals surface area contributed by atoms with E-state index < -0.39 is 0 Å². The molecule has 0 aliphatic rings. The minimum Gasteiger partial charge on any atom is -0.510 e. The van der Waals surface area contributed by atoms with Crippen LogP contribution in [0.4, 0.5) is 5.69 Å². The molecule has 0 fully saturated rings. The number of Topliss-reactive ketones (excluding diaryl/α,β-unsaturated/α-hetero) is 1. The standard InChI is InChI=1S/C11H11BrN2O2/c1-7(15)11(8(2)16)14-13-10-5-3-4-9(12)6-10/h3-6,15H,1-2H3/b11-7-,14-13?. The lowest BCUT2D eigenvalue weighted by molar-refractivity contribution is -0.113. The van der Waals surface area contributed by atoms with Crippen molar-refractivity contribution < 1.29 is 9.90 Å². The summed E-state index contributed by atoms with van der Waals surface area (Å²) in [7, 11) is 0. The van der Waals surface area contributed by atoms with Gasteiger partial charge < -0.3 is 5.11 Å². The number of rotatable bonds is 3. The van der Waals surface area contributed by atoms with Gasteiger partial charge in [0.15, 0.2) is 11.5 Å². The van der Waals surface area contributed by atoms with Crippen LogP contribution in [-0.2, 0) is 4.79 Å². The maximum atomic E-state index is 11.1. The number of ketones is 1. The molecular formula is C11H11BrN2O2. The number of carbonyl (C=O) groups is 1. The van der Waals surface area contributed by atoms with Crippen molar-refractivity contribution in [2.24, 2.45) is 10.2 Å². The minimum atomic E-state index is -0.321. The number of halogens is 1. The molecule has 84 valence electrons. The Hall–Kier alpha value is -1.49. The van der Waals surface area contributed by atoms with E-state index in [0.717, 1.165) is 4.47 Å². The van der Waals surface area contributed by atoms with Gasteiger partial charge in [-0.3, -0.25) is 4.79 Å². The summed E-state index contributed by atoms with van der Waals surface area (Å²) >= 11 is 3.30. The van der Waals surface area contributed by atoms with E-state index in [0.29, 0.717) is 5.69 Å². The Kier molecular flexibility index (Phi) is 4.37. The number of aliphatic hydroxyl groups is 1. The average molecular weight is 283 g/mol. The normalized spacial score (nSPS) is 12.7. The molecule has 0 saturated carbocycles. The first kappa shape index (κ1) is 12.6. The van der Waals surface area contributed by atoms with Crippen molar-refractivity contribution in [3.05, 3.63) is 40.2 Å². The van der Waals surface area contributed by atoms with E-state index in [1.54, 1.807) is 18.2 Å². The van der Waals surface area contributed by atoms with Gasteiger partial charge in [-0.05, 0) is 25.1 Å². The molecule has 0 aliphatic carbocycles. The number of benzene rings is 1. The highest BCUT2D eigenvalue weighted by Gasteiger charge is 2.06. The molecule has 1 aromatic carbocycles. The number of azo groups is 1. The molecule has 1 rings (SSSR count). The molecule has 1 N–H and O–H groups in total. The predicted molar refractivity (Wildman–Crippen MR) is 64.7 cm³/mol. The van der Waals surface area contributed by atoms with Gasteiger partial charge in [0, 0.05) is 11.4 Å². The smallest absolute Gasteiger partial charge is 0.183 e. The zero-order valence-electron chi connectivity index (χ0n) is 8.94. The molecule has 0 aromatic heterocycles. The monoisotopic (exact) mass is 282 g/mol. The van der Waals surface area contributed by atoms with E-state index >= 15 is 0 Å². The van der Waals surface area contributed by atoms with Gasteiger partial charge in [-0.25, -0.2) is 0 Å². The van der Waals surface area contributed by atoms with Crippen LogP contribution in [0.25, 0.3) is 0 Å². The second-order valence-corrected chi connectivity index (χ2v) is 4.09. The highest BCUT2D eigenvalue weighted by molar-refractivity contribution is 9.10. The zero-order valence-corrected chi connectivity index (χ0v) is 10.5. The van der Waals surface area contributed by atoms with Crippen molar-refractivity contribution in [1.82, 2.24) is 0 Å². The third-order valence-corrected chi connectivity index (χ3v) is 2.24. The summed E-state index contributed by atoms with van der Waals surface area (Å²) < 4.78 is 0.873. The number of nitrogens with zero attached hydrogens (tertiary/aromatic N) is 2. The molecule has 16 heavy (non-hydrogen) atoms. The van der Waals surface area contributed by atoms with E-state index in [1.807, 2.05) is 6.07 Å². The number of aliphatic hydroxyl groups excluding tert-OH is 1. The van der Waals surface area contributed by atoms with Crippen molar-refractivity contribution in [2.75, 3.05) is 0 Å². The van der Waals surface area contributed by atoms with Gasteiger partial charge in [0.1, 0.15) is 5.76 Å². The van der Waals surface area contributed by atoms with Gasteiger partial charge in [0.05, 0.1) is 5.69 Å². The van der Waals surface area contributed by atoms with Crippen LogP contribution in [0.3, 0.4) is 0 Å². The number of hydrogen-bond donors (Lipinski definition) is 1. The number of allylic oxidation sites excluding steroid dienone is 2. The summed E-state index contributed by atoms with van der Waals surface area (Å²) in [6.07, 6.45) is 0. The first-order valence-corrected chi connectivity index (χ1v) is 5.38. The van der Waals surface area contributed by atoms with Crippen LogP contribution in [0.1, 0.15) is 13.8 Å². The molecule has 4 nitrogen and oxygen atoms in total. The van der Waals surface area contributed by atoms with Crippen LogP contribution in [0, 0.1) is 0 Å². The molecule has 0 unspecified atom stereocenters. The lowest BCUT2D eigenvalue weighted by atomic mass is 10.3. The van der Waals surface area contributed by atoms with Crippen LogP contribution >= 0.6 is 15.9 Å². The van der Waals surface area contributed by atoms with Crippen LogP contribution in [0.5, 0.6) is 0 Å². The Labute approximate surface area is 102 Å². The second-order valence-electron chi connectivity index (χ2n) is 3.17. The number of carbonyl (C=O) groups excluding carboxylic acids is 1. The summed E-state index contributed by atoms with van der Waals surface area (Å²) in [6.45, 7) is 2.73. The summed E-state index contributed by atoms with van der Waals surface area (Å²) in [6, 6.07) is 7.17. The highest BCUT2D eigenvalue weighted by atomic mass is 79.9. The third kappa shape index (κ3) is 3.58. The maximum absolute atomic E-state index is 11.1. The van der Waals surface area contributed by atoms with Gasteiger partial charge in [0.2, 0.25) is 0 Å². The zero-order chi connectivity index (χ0) is 12.1. The molecule has 0 spiro atoms. The SMILES string of the molecule is CC(=O)/C(N=Nc1cccc(Br)c1)=C(\C)O. The van der Waals surface area contributed by atoms with Crippen molar-refractivity contribution in [3.63, 3.8) is 0 Å². The Morgan fingerprint density at radius 3 is 2.56 bits per heavy atom. The number of hydrogen-bond acceptors (Lipinski definition) is 4. The van der Waals surface area contributed by atoms with Crippen molar-refractivity contribution in [3.8, 4) is 0 Å². The topological polar surface area (TPSA) is 62.0 Å². The fraction of sp³-hybridized carbons (Fsp3) is 0.182. The molecule has 0 saturated heterocycles. The van der Waals surface area contributed by atoms with E-state index in [1.165, 1.54) is 13.8 Å². The molecular weight excluding hydrogens is 272 g/mol. The first-order valence-electron chi connectivity index (χ1n) is 4.59. The summed E-state index contributed by atoms with van der Waals surface area (Å²) in [5.41, 5.74) is 0.578. The fourth-order valence-electron chi connectivity index (χ4n) is 1.04. The first-order chi connectivity index (χ1) is 7.50. The summed E-state index contributed by atoms with van der Waals surface area (Å²) in [4.78, 5) is 11.1. The largest absolute Gasteiger partial charge is 0.510 e. The van der Waals surface area contributed by atoms with E-state index in [9.17, 15) is 9.90 Å². The Morgan fingerprint density at radius 1 is 1.38 bits per heavy atom. The van der Waals surface area contributed by atoms with Crippen molar-refractivity contribution in [1.29, 1.82) is 0 Å². The molecule has 5 heteroatoms. The van der Waals surface area contributed by atoms with Crippen molar-refractivity contribution in [2.45, 2.75) is 13.8 Å². The molecule has 0 atom stereocenters. The quantitative estimate of drug-likeness (QED) is 0.519. The molecule has 0 heterocycles. The van der Waals surface area contributed by atoms with Gasteiger partial charge >= 0.3 is 0 Å². The van der Waals surface area contributed by atoms with E-state index in [2.05, 4.69) is 26.2 Å².